The minimum absolute atomic E-state index is 0.0358. The van der Waals surface area contributed by atoms with E-state index in [0.717, 1.165) is 18.2 Å². The molecule has 0 aliphatic heterocycles. The molecule has 0 saturated heterocycles. The summed E-state index contributed by atoms with van der Waals surface area (Å²) in [5, 5.41) is 5.82. The van der Waals surface area contributed by atoms with Crippen LogP contribution in [0.1, 0.15) is 23.6 Å². The molecule has 3 nitrogen and oxygen atoms in total. The van der Waals surface area contributed by atoms with Gasteiger partial charge in [-0.3, -0.25) is 4.79 Å². The maximum Gasteiger partial charge on any atom is 0.416 e. The van der Waals surface area contributed by atoms with E-state index >= 15 is 0 Å². The van der Waals surface area contributed by atoms with Crippen LogP contribution in [-0.4, -0.2) is 12.5 Å². The summed E-state index contributed by atoms with van der Waals surface area (Å²) < 4.78 is 38.9. The van der Waals surface area contributed by atoms with Crippen LogP contribution in [0.25, 0.3) is 0 Å². The first kappa shape index (κ1) is 18.0. The summed E-state index contributed by atoms with van der Waals surface area (Å²) in [5.74, 6) is -0.479. The molecule has 0 saturated carbocycles. The van der Waals surface area contributed by atoms with Gasteiger partial charge in [0.25, 0.3) is 0 Å². The van der Waals surface area contributed by atoms with E-state index in [1.807, 2.05) is 13.0 Å². The largest absolute Gasteiger partial charge is 0.416 e. The van der Waals surface area contributed by atoms with Crippen molar-refractivity contribution >= 4 is 11.6 Å². The van der Waals surface area contributed by atoms with Gasteiger partial charge in [-0.2, -0.15) is 13.2 Å². The SMILES string of the molecule is CCNCc1cccc(NC(=O)Cc2ccccc2C(F)(F)F)c1. The van der Waals surface area contributed by atoms with E-state index in [9.17, 15) is 18.0 Å². The van der Waals surface area contributed by atoms with Crippen LogP contribution in [0, 0.1) is 0 Å². The predicted octanol–water partition coefficient (Wildman–Crippen LogP) is 4.00. The molecule has 0 unspecified atom stereocenters. The Kier molecular flexibility index (Phi) is 5.98. The number of amides is 1. The van der Waals surface area contributed by atoms with Crippen molar-refractivity contribution in [2.45, 2.75) is 26.1 Å². The van der Waals surface area contributed by atoms with Gasteiger partial charge in [-0.1, -0.05) is 37.3 Å². The molecule has 0 fully saturated rings. The molecule has 2 rings (SSSR count). The minimum atomic E-state index is -4.47. The number of hydrogen-bond acceptors (Lipinski definition) is 2. The lowest BCUT2D eigenvalue weighted by atomic mass is 10.0. The lowest BCUT2D eigenvalue weighted by Gasteiger charge is -2.13. The van der Waals surface area contributed by atoms with Gasteiger partial charge in [0.15, 0.2) is 0 Å². The second kappa shape index (κ2) is 7.97. The molecule has 0 aromatic heterocycles. The molecule has 0 aliphatic rings. The van der Waals surface area contributed by atoms with Gasteiger partial charge in [0.2, 0.25) is 5.91 Å². The molecule has 24 heavy (non-hydrogen) atoms. The number of anilines is 1. The van der Waals surface area contributed by atoms with E-state index < -0.39 is 17.6 Å². The van der Waals surface area contributed by atoms with Crippen LogP contribution in [-0.2, 0) is 23.9 Å². The molecule has 0 bridgehead atoms. The van der Waals surface area contributed by atoms with Crippen LogP contribution in [0.5, 0.6) is 0 Å². The highest BCUT2D eigenvalue weighted by atomic mass is 19.4. The predicted molar refractivity (Wildman–Crippen MR) is 87.6 cm³/mol. The Morgan fingerprint density at radius 3 is 2.54 bits per heavy atom. The first-order valence-electron chi connectivity index (χ1n) is 7.64. The number of halogens is 3. The fraction of sp³-hybridized carbons (Fsp3) is 0.278. The zero-order valence-corrected chi connectivity index (χ0v) is 13.3. The summed E-state index contributed by atoms with van der Waals surface area (Å²) in [6, 6.07) is 12.3. The molecular formula is C18H19F3N2O. The quantitative estimate of drug-likeness (QED) is 0.837. The van der Waals surface area contributed by atoms with Gasteiger partial charge in [-0.15, -0.1) is 0 Å². The third-order valence-corrected chi connectivity index (χ3v) is 3.46. The van der Waals surface area contributed by atoms with Gasteiger partial charge < -0.3 is 10.6 Å². The summed E-state index contributed by atoms with van der Waals surface area (Å²) in [7, 11) is 0. The Labute approximate surface area is 138 Å². The third kappa shape index (κ3) is 5.09. The van der Waals surface area contributed by atoms with E-state index in [1.54, 1.807) is 18.2 Å². The molecule has 6 heteroatoms. The normalized spacial score (nSPS) is 11.3. The fourth-order valence-electron chi connectivity index (χ4n) is 2.36. The number of rotatable bonds is 6. The van der Waals surface area contributed by atoms with Crippen LogP contribution in [0.2, 0.25) is 0 Å². The molecule has 2 aromatic rings. The van der Waals surface area contributed by atoms with Crippen molar-refractivity contribution in [3.05, 3.63) is 65.2 Å². The van der Waals surface area contributed by atoms with E-state index in [4.69, 9.17) is 0 Å². The maximum atomic E-state index is 13.0. The van der Waals surface area contributed by atoms with Gasteiger partial charge in [0.1, 0.15) is 0 Å². The Bertz CT molecular complexity index is 699. The number of carbonyl (C=O) groups is 1. The summed E-state index contributed by atoms with van der Waals surface area (Å²) in [6.07, 6.45) is -4.80. The molecule has 2 aromatic carbocycles. The molecule has 0 radical (unpaired) electrons. The van der Waals surface area contributed by atoms with Crippen molar-refractivity contribution in [3.8, 4) is 0 Å². The van der Waals surface area contributed by atoms with Crippen molar-refractivity contribution in [2.75, 3.05) is 11.9 Å². The maximum absolute atomic E-state index is 13.0. The summed E-state index contributed by atoms with van der Waals surface area (Å²) in [6.45, 7) is 3.48. The topological polar surface area (TPSA) is 41.1 Å². The zero-order valence-electron chi connectivity index (χ0n) is 13.3. The fourth-order valence-corrected chi connectivity index (χ4v) is 2.36. The lowest BCUT2D eigenvalue weighted by Crippen LogP contribution is -2.18. The highest BCUT2D eigenvalue weighted by molar-refractivity contribution is 5.92. The van der Waals surface area contributed by atoms with Gasteiger partial charge >= 0.3 is 6.18 Å². The van der Waals surface area contributed by atoms with Gasteiger partial charge in [-0.25, -0.2) is 0 Å². The van der Waals surface area contributed by atoms with Crippen molar-refractivity contribution < 1.29 is 18.0 Å². The van der Waals surface area contributed by atoms with E-state index in [2.05, 4.69) is 10.6 Å². The Hall–Kier alpha value is -2.34. The molecule has 128 valence electrons. The van der Waals surface area contributed by atoms with Crippen LogP contribution in [0.3, 0.4) is 0 Å². The lowest BCUT2D eigenvalue weighted by molar-refractivity contribution is -0.138. The molecular weight excluding hydrogens is 317 g/mol. The standard InChI is InChI=1S/C18H19F3N2O/c1-2-22-12-13-6-5-8-15(10-13)23-17(24)11-14-7-3-4-9-16(14)18(19,20)21/h3-10,22H,2,11-12H2,1H3,(H,23,24). The molecule has 0 spiro atoms. The number of hydrogen-bond donors (Lipinski definition) is 2. The second-order valence-electron chi connectivity index (χ2n) is 5.36. The average Bonchev–Trinajstić information content (AvgIpc) is 2.52. The minimum Gasteiger partial charge on any atom is -0.326 e. The monoisotopic (exact) mass is 336 g/mol. The highest BCUT2D eigenvalue weighted by Crippen LogP contribution is 2.32. The summed E-state index contributed by atoms with van der Waals surface area (Å²) in [4.78, 5) is 12.1. The van der Waals surface area contributed by atoms with Gasteiger partial charge in [0, 0.05) is 12.2 Å². The van der Waals surface area contributed by atoms with Crippen LogP contribution >= 0.6 is 0 Å². The van der Waals surface area contributed by atoms with Crippen molar-refractivity contribution in [1.82, 2.24) is 5.32 Å². The van der Waals surface area contributed by atoms with Crippen LogP contribution in [0.15, 0.2) is 48.5 Å². The van der Waals surface area contributed by atoms with E-state index in [0.29, 0.717) is 12.2 Å². The number of nitrogens with one attached hydrogen (secondary N) is 2. The number of benzene rings is 2. The Morgan fingerprint density at radius 1 is 1.08 bits per heavy atom. The van der Waals surface area contributed by atoms with E-state index in [-0.39, 0.29) is 12.0 Å². The van der Waals surface area contributed by atoms with Gasteiger partial charge in [-0.05, 0) is 35.9 Å². The van der Waals surface area contributed by atoms with E-state index in [1.165, 1.54) is 18.2 Å². The molecule has 2 N–H and O–H groups in total. The molecule has 0 aliphatic carbocycles. The third-order valence-electron chi connectivity index (χ3n) is 3.46. The Balaban J connectivity index is 2.07. The summed E-state index contributed by atoms with van der Waals surface area (Å²) >= 11 is 0. The van der Waals surface area contributed by atoms with Crippen molar-refractivity contribution in [1.29, 1.82) is 0 Å². The average molecular weight is 336 g/mol. The zero-order chi connectivity index (χ0) is 17.6. The summed E-state index contributed by atoms with van der Waals surface area (Å²) in [5.41, 5.74) is 0.748. The van der Waals surface area contributed by atoms with Crippen molar-refractivity contribution in [2.24, 2.45) is 0 Å². The van der Waals surface area contributed by atoms with Crippen LogP contribution in [0.4, 0.5) is 18.9 Å². The smallest absolute Gasteiger partial charge is 0.326 e. The highest BCUT2D eigenvalue weighted by Gasteiger charge is 2.33. The van der Waals surface area contributed by atoms with Gasteiger partial charge in [0.05, 0.1) is 12.0 Å². The number of carbonyl (C=O) groups excluding carboxylic acids is 1. The Morgan fingerprint density at radius 2 is 1.83 bits per heavy atom. The first-order valence-corrected chi connectivity index (χ1v) is 7.64. The first-order chi connectivity index (χ1) is 11.4. The molecule has 1 amide bonds. The van der Waals surface area contributed by atoms with Crippen LogP contribution < -0.4 is 10.6 Å². The second-order valence-corrected chi connectivity index (χ2v) is 5.36. The number of alkyl halides is 3. The molecule has 0 heterocycles. The molecule has 0 atom stereocenters. The van der Waals surface area contributed by atoms with Crippen molar-refractivity contribution in [3.63, 3.8) is 0 Å².